The van der Waals surface area contributed by atoms with Gasteiger partial charge in [-0.05, 0) is 62.8 Å². The van der Waals surface area contributed by atoms with Crippen LogP contribution in [0.4, 0.5) is 0 Å². The Morgan fingerprint density at radius 2 is 1.62 bits per heavy atom. The lowest BCUT2D eigenvalue weighted by Crippen LogP contribution is -2.41. The summed E-state index contributed by atoms with van der Waals surface area (Å²) in [6, 6.07) is 10.6. The quantitative estimate of drug-likeness (QED) is 0.780. The summed E-state index contributed by atoms with van der Waals surface area (Å²) in [5, 5.41) is 2.18. The Balaban J connectivity index is 1.89. The summed E-state index contributed by atoms with van der Waals surface area (Å²) in [4.78, 5) is 0. The van der Waals surface area contributed by atoms with Crippen molar-refractivity contribution >= 4 is 23.2 Å². The molecule has 1 aliphatic rings. The van der Waals surface area contributed by atoms with E-state index < -0.39 is 0 Å². The van der Waals surface area contributed by atoms with Crippen molar-refractivity contribution < 1.29 is 9.31 Å². The van der Waals surface area contributed by atoms with Gasteiger partial charge >= 0.3 is 7.12 Å². The first kappa shape index (κ1) is 14.8. The lowest BCUT2D eigenvalue weighted by molar-refractivity contribution is 0.00578. The highest BCUT2D eigenvalue weighted by atomic mass is 32.1. The predicted molar refractivity (Wildman–Crippen MR) is 90.2 cm³/mol. The van der Waals surface area contributed by atoms with Crippen molar-refractivity contribution in [2.75, 3.05) is 0 Å². The number of benzene rings is 1. The summed E-state index contributed by atoms with van der Waals surface area (Å²) < 4.78 is 13.4. The van der Waals surface area contributed by atoms with Crippen LogP contribution in [0.1, 0.15) is 33.3 Å². The minimum atomic E-state index is -0.287. The number of hydrogen-bond donors (Lipinski definition) is 0. The molecule has 2 heterocycles. The Kier molecular flexibility index (Phi) is 3.51. The van der Waals surface area contributed by atoms with E-state index in [4.69, 9.17) is 9.31 Å². The van der Waals surface area contributed by atoms with E-state index in [9.17, 15) is 0 Å². The molecule has 0 unspecified atom stereocenters. The van der Waals surface area contributed by atoms with Crippen molar-refractivity contribution in [3.8, 4) is 11.1 Å². The summed E-state index contributed by atoms with van der Waals surface area (Å²) in [6.07, 6.45) is 0. The van der Waals surface area contributed by atoms with Gasteiger partial charge in [-0.25, -0.2) is 0 Å². The Morgan fingerprint density at radius 1 is 1.00 bits per heavy atom. The van der Waals surface area contributed by atoms with Crippen LogP contribution < -0.4 is 4.78 Å². The largest absolute Gasteiger partial charge is 0.505 e. The molecule has 3 rings (SSSR count). The van der Waals surface area contributed by atoms with E-state index >= 15 is 0 Å². The van der Waals surface area contributed by atoms with Crippen LogP contribution in [0.15, 0.2) is 35.7 Å². The summed E-state index contributed by atoms with van der Waals surface area (Å²) in [6.45, 7) is 10.5. The molecule has 110 valence electrons. The topological polar surface area (TPSA) is 18.5 Å². The van der Waals surface area contributed by atoms with Crippen LogP contribution in [0.5, 0.6) is 0 Å². The zero-order valence-corrected chi connectivity index (χ0v) is 14.1. The fourth-order valence-corrected chi connectivity index (χ4v) is 3.33. The second-order valence-corrected chi connectivity index (χ2v) is 7.58. The van der Waals surface area contributed by atoms with E-state index in [1.807, 2.05) is 0 Å². The Labute approximate surface area is 131 Å². The SMILES string of the molecule is Cc1ccccc1-c1csc(B2OC(C)(C)C(C)(C)O2)c1. The third-order valence-electron chi connectivity index (χ3n) is 4.56. The molecule has 2 nitrogen and oxygen atoms in total. The first-order valence-electron chi connectivity index (χ1n) is 7.30. The summed E-state index contributed by atoms with van der Waals surface area (Å²) >= 11 is 1.70. The highest BCUT2D eigenvalue weighted by molar-refractivity contribution is 7.21. The summed E-state index contributed by atoms with van der Waals surface area (Å²) in [5.74, 6) is 0. The molecule has 1 fully saturated rings. The van der Waals surface area contributed by atoms with Gasteiger partial charge in [-0.15, -0.1) is 0 Å². The molecule has 1 aromatic carbocycles. The van der Waals surface area contributed by atoms with Gasteiger partial charge in [-0.2, -0.15) is 11.3 Å². The Hall–Kier alpha value is -1.10. The third kappa shape index (κ3) is 2.56. The molecule has 1 saturated heterocycles. The van der Waals surface area contributed by atoms with Crippen LogP contribution in [0.25, 0.3) is 11.1 Å². The average molecular weight is 300 g/mol. The Bertz CT molecular complexity index is 644. The van der Waals surface area contributed by atoms with E-state index in [2.05, 4.69) is 70.3 Å². The lowest BCUT2D eigenvalue weighted by atomic mass is 9.87. The minimum Gasteiger partial charge on any atom is -0.399 e. The number of rotatable bonds is 2. The Morgan fingerprint density at radius 3 is 2.24 bits per heavy atom. The van der Waals surface area contributed by atoms with Gasteiger partial charge in [-0.3, -0.25) is 0 Å². The van der Waals surface area contributed by atoms with Crippen molar-refractivity contribution in [3.05, 3.63) is 41.3 Å². The smallest absolute Gasteiger partial charge is 0.399 e. The highest BCUT2D eigenvalue weighted by Gasteiger charge is 2.52. The van der Waals surface area contributed by atoms with E-state index in [1.54, 1.807) is 11.3 Å². The molecule has 1 aliphatic heterocycles. The molecular formula is C17H21BO2S. The third-order valence-corrected chi connectivity index (χ3v) is 5.52. The zero-order valence-electron chi connectivity index (χ0n) is 13.3. The molecule has 0 N–H and O–H groups in total. The van der Waals surface area contributed by atoms with Gasteiger partial charge in [0.15, 0.2) is 0 Å². The van der Waals surface area contributed by atoms with Crippen molar-refractivity contribution in [1.82, 2.24) is 0 Å². The molecular weight excluding hydrogens is 279 g/mol. The molecule has 0 bridgehead atoms. The van der Waals surface area contributed by atoms with Crippen molar-refractivity contribution in [2.24, 2.45) is 0 Å². The first-order chi connectivity index (χ1) is 9.80. The number of hydrogen-bond acceptors (Lipinski definition) is 3. The van der Waals surface area contributed by atoms with Gasteiger partial charge in [-0.1, -0.05) is 24.3 Å². The maximum atomic E-state index is 6.12. The standard InChI is InChI=1S/C17H21BO2S/c1-12-8-6-7-9-14(12)13-10-15(21-11-13)18-19-16(2,3)17(4,5)20-18/h6-11H,1-5H3. The van der Waals surface area contributed by atoms with Crippen molar-refractivity contribution in [2.45, 2.75) is 45.8 Å². The van der Waals surface area contributed by atoms with Gasteiger partial charge in [0, 0.05) is 4.78 Å². The molecule has 0 atom stereocenters. The van der Waals surface area contributed by atoms with Crippen LogP contribution in [-0.4, -0.2) is 18.3 Å². The van der Waals surface area contributed by atoms with Gasteiger partial charge in [0.2, 0.25) is 0 Å². The van der Waals surface area contributed by atoms with Crippen LogP contribution >= 0.6 is 11.3 Å². The summed E-state index contributed by atoms with van der Waals surface area (Å²) in [7, 11) is -0.266. The van der Waals surface area contributed by atoms with Crippen LogP contribution in [0.3, 0.4) is 0 Å². The van der Waals surface area contributed by atoms with Crippen LogP contribution in [-0.2, 0) is 9.31 Å². The molecule has 0 spiro atoms. The minimum absolute atomic E-state index is 0.266. The molecule has 0 amide bonds. The lowest BCUT2D eigenvalue weighted by Gasteiger charge is -2.32. The monoisotopic (exact) mass is 300 g/mol. The number of thiophene rings is 1. The van der Waals surface area contributed by atoms with Crippen LogP contribution in [0, 0.1) is 6.92 Å². The van der Waals surface area contributed by atoms with Gasteiger partial charge in [0.05, 0.1) is 11.2 Å². The normalized spacial score (nSPS) is 20.0. The molecule has 1 aromatic heterocycles. The maximum Gasteiger partial charge on any atom is 0.505 e. The second kappa shape index (κ2) is 4.97. The maximum absolute atomic E-state index is 6.12. The summed E-state index contributed by atoms with van der Waals surface area (Å²) in [5.41, 5.74) is 3.23. The fraction of sp³-hybridized carbons (Fsp3) is 0.412. The number of aryl methyl sites for hydroxylation is 1. The van der Waals surface area contributed by atoms with E-state index in [0.717, 1.165) is 4.78 Å². The van der Waals surface area contributed by atoms with E-state index in [1.165, 1.54) is 16.7 Å². The molecule has 0 aliphatic carbocycles. The van der Waals surface area contributed by atoms with Gasteiger partial charge in [0.1, 0.15) is 0 Å². The second-order valence-electron chi connectivity index (χ2n) is 6.64. The van der Waals surface area contributed by atoms with E-state index in [-0.39, 0.29) is 18.3 Å². The molecule has 4 heteroatoms. The predicted octanol–water partition coefficient (Wildman–Crippen LogP) is 4.02. The molecule has 0 radical (unpaired) electrons. The van der Waals surface area contributed by atoms with Crippen molar-refractivity contribution in [3.63, 3.8) is 0 Å². The van der Waals surface area contributed by atoms with Crippen molar-refractivity contribution in [1.29, 1.82) is 0 Å². The van der Waals surface area contributed by atoms with E-state index in [0.29, 0.717) is 0 Å². The van der Waals surface area contributed by atoms with Gasteiger partial charge < -0.3 is 9.31 Å². The molecule has 21 heavy (non-hydrogen) atoms. The average Bonchev–Trinajstić information content (AvgIpc) is 2.94. The molecule has 0 saturated carbocycles. The first-order valence-corrected chi connectivity index (χ1v) is 8.18. The highest BCUT2D eigenvalue weighted by Crippen LogP contribution is 2.37. The van der Waals surface area contributed by atoms with Crippen LogP contribution in [0.2, 0.25) is 0 Å². The van der Waals surface area contributed by atoms with Gasteiger partial charge in [0.25, 0.3) is 0 Å². The zero-order chi connectivity index (χ0) is 15.3. The molecule has 2 aromatic rings. The fourth-order valence-electron chi connectivity index (χ4n) is 2.47.